The van der Waals surface area contributed by atoms with Gasteiger partial charge < -0.3 is 9.47 Å². The summed E-state index contributed by atoms with van der Waals surface area (Å²) in [6, 6.07) is 14.8. The minimum Gasteiger partial charge on any atom is -0.454 e. The van der Waals surface area contributed by atoms with E-state index in [-0.39, 0.29) is 12.5 Å². The zero-order valence-electron chi connectivity index (χ0n) is 12.0. The molecule has 1 heterocycles. The predicted octanol–water partition coefficient (Wildman–Crippen LogP) is 2.08. The number of rotatable bonds is 6. The molecule has 0 bridgehead atoms. The summed E-state index contributed by atoms with van der Waals surface area (Å²) >= 11 is 0. The van der Waals surface area contributed by atoms with Crippen LogP contribution in [-0.4, -0.2) is 21.8 Å². The second-order valence-electron chi connectivity index (χ2n) is 5.08. The van der Waals surface area contributed by atoms with Crippen molar-refractivity contribution < 1.29 is 17.9 Å². The first-order valence-corrected chi connectivity index (χ1v) is 8.67. The monoisotopic (exact) mass is 319 g/mol. The van der Waals surface area contributed by atoms with Crippen LogP contribution in [0.4, 0.5) is 0 Å². The number of fused-ring (bicyclic) bond motifs is 1. The normalized spacial score (nSPS) is 13.3. The molecule has 0 unspecified atom stereocenters. The van der Waals surface area contributed by atoms with Gasteiger partial charge in [-0.25, -0.2) is 13.1 Å². The van der Waals surface area contributed by atoms with Gasteiger partial charge in [0.1, 0.15) is 0 Å². The summed E-state index contributed by atoms with van der Waals surface area (Å²) in [5, 5.41) is 0. The van der Waals surface area contributed by atoms with Gasteiger partial charge in [0.15, 0.2) is 11.5 Å². The zero-order valence-corrected chi connectivity index (χ0v) is 12.8. The minimum absolute atomic E-state index is 0.00498. The molecule has 2 aromatic carbocycles. The molecule has 1 aliphatic heterocycles. The van der Waals surface area contributed by atoms with Gasteiger partial charge in [-0.2, -0.15) is 0 Å². The Kier molecular flexibility index (Phi) is 4.31. The third kappa shape index (κ3) is 3.78. The molecule has 1 N–H and O–H groups in total. The molecule has 3 rings (SSSR count). The molecule has 0 amide bonds. The van der Waals surface area contributed by atoms with Gasteiger partial charge in [0, 0.05) is 6.54 Å². The second-order valence-corrected chi connectivity index (χ2v) is 6.88. The number of sulfonamides is 1. The molecule has 0 saturated heterocycles. The van der Waals surface area contributed by atoms with E-state index in [9.17, 15) is 8.42 Å². The van der Waals surface area contributed by atoms with Gasteiger partial charge in [-0.05, 0) is 29.7 Å². The van der Waals surface area contributed by atoms with Crippen LogP contribution in [0.2, 0.25) is 0 Å². The van der Waals surface area contributed by atoms with E-state index in [0.29, 0.717) is 18.7 Å². The third-order valence-electron chi connectivity index (χ3n) is 3.37. The Labute approximate surface area is 129 Å². The standard InChI is InChI=1S/C16H17NO4S/c18-22(19,11-14-4-2-1-3-5-14)17-9-8-13-6-7-15-16(10-13)21-12-20-15/h1-7,10,17H,8-9,11-12H2. The van der Waals surface area contributed by atoms with Crippen molar-refractivity contribution >= 4 is 10.0 Å². The van der Waals surface area contributed by atoms with E-state index in [4.69, 9.17) is 9.47 Å². The molecule has 0 radical (unpaired) electrons. The maximum absolute atomic E-state index is 12.0. The summed E-state index contributed by atoms with van der Waals surface area (Å²) in [5.74, 6) is 1.44. The van der Waals surface area contributed by atoms with Gasteiger partial charge in [0.25, 0.3) is 0 Å². The molecule has 0 aliphatic carbocycles. The van der Waals surface area contributed by atoms with E-state index in [1.54, 1.807) is 12.1 Å². The molecule has 5 nitrogen and oxygen atoms in total. The Bertz CT molecular complexity index is 744. The smallest absolute Gasteiger partial charge is 0.231 e. The van der Waals surface area contributed by atoms with Gasteiger partial charge in [-0.1, -0.05) is 36.4 Å². The summed E-state index contributed by atoms with van der Waals surface area (Å²) in [5.41, 5.74) is 1.78. The van der Waals surface area contributed by atoms with Crippen LogP contribution in [0.15, 0.2) is 48.5 Å². The average molecular weight is 319 g/mol. The second kappa shape index (κ2) is 6.37. The lowest BCUT2D eigenvalue weighted by Crippen LogP contribution is -2.27. The van der Waals surface area contributed by atoms with E-state index >= 15 is 0 Å². The molecule has 0 fully saturated rings. The maximum Gasteiger partial charge on any atom is 0.231 e. The number of ether oxygens (including phenoxy) is 2. The lowest BCUT2D eigenvalue weighted by atomic mass is 10.1. The van der Waals surface area contributed by atoms with Crippen molar-refractivity contribution in [2.45, 2.75) is 12.2 Å². The zero-order chi connectivity index (χ0) is 15.4. The van der Waals surface area contributed by atoms with Crippen LogP contribution in [0.1, 0.15) is 11.1 Å². The average Bonchev–Trinajstić information content (AvgIpc) is 2.95. The fraction of sp³-hybridized carbons (Fsp3) is 0.250. The highest BCUT2D eigenvalue weighted by Crippen LogP contribution is 2.32. The van der Waals surface area contributed by atoms with Crippen molar-refractivity contribution in [3.63, 3.8) is 0 Å². The van der Waals surface area contributed by atoms with Gasteiger partial charge in [0.05, 0.1) is 5.75 Å². The number of hydrogen-bond acceptors (Lipinski definition) is 4. The number of nitrogens with one attached hydrogen (secondary N) is 1. The lowest BCUT2D eigenvalue weighted by Gasteiger charge is -2.07. The molecular weight excluding hydrogens is 302 g/mol. The van der Waals surface area contributed by atoms with Crippen molar-refractivity contribution in [3.8, 4) is 11.5 Å². The molecule has 6 heteroatoms. The Balaban J connectivity index is 1.54. The fourth-order valence-electron chi connectivity index (χ4n) is 2.29. The van der Waals surface area contributed by atoms with E-state index in [2.05, 4.69) is 4.72 Å². The highest BCUT2D eigenvalue weighted by atomic mass is 32.2. The molecule has 0 aromatic heterocycles. The van der Waals surface area contributed by atoms with Crippen LogP contribution >= 0.6 is 0 Å². The molecule has 1 aliphatic rings. The SMILES string of the molecule is O=S(=O)(Cc1ccccc1)NCCc1ccc2c(c1)OCO2. The summed E-state index contributed by atoms with van der Waals surface area (Å²) in [6.07, 6.45) is 0.602. The van der Waals surface area contributed by atoms with Crippen molar-refractivity contribution in [1.82, 2.24) is 4.72 Å². The third-order valence-corrected chi connectivity index (χ3v) is 4.73. The van der Waals surface area contributed by atoms with Gasteiger partial charge in [-0.15, -0.1) is 0 Å². The topological polar surface area (TPSA) is 64.6 Å². The van der Waals surface area contributed by atoms with Crippen LogP contribution in [-0.2, 0) is 22.2 Å². The van der Waals surface area contributed by atoms with Gasteiger partial charge in [0.2, 0.25) is 16.8 Å². The first kappa shape index (κ1) is 14.9. The van der Waals surface area contributed by atoms with Crippen molar-refractivity contribution in [3.05, 3.63) is 59.7 Å². The summed E-state index contributed by atoms with van der Waals surface area (Å²) in [7, 11) is -3.32. The molecule has 2 aromatic rings. The van der Waals surface area contributed by atoms with Crippen molar-refractivity contribution in [1.29, 1.82) is 0 Å². The molecular formula is C16H17NO4S. The van der Waals surface area contributed by atoms with Crippen LogP contribution < -0.4 is 14.2 Å². The van der Waals surface area contributed by atoms with E-state index in [1.807, 2.05) is 36.4 Å². The Morgan fingerprint density at radius 1 is 0.955 bits per heavy atom. The molecule has 0 saturated carbocycles. The Morgan fingerprint density at radius 3 is 2.55 bits per heavy atom. The largest absolute Gasteiger partial charge is 0.454 e. The van der Waals surface area contributed by atoms with Crippen molar-refractivity contribution in [2.24, 2.45) is 0 Å². The van der Waals surface area contributed by atoms with Gasteiger partial charge in [-0.3, -0.25) is 0 Å². The summed E-state index contributed by atoms with van der Waals surface area (Å²) in [6.45, 7) is 0.595. The predicted molar refractivity (Wildman–Crippen MR) is 83.3 cm³/mol. The first-order chi connectivity index (χ1) is 10.6. The number of benzene rings is 2. The Hall–Kier alpha value is -2.05. The lowest BCUT2D eigenvalue weighted by molar-refractivity contribution is 0.174. The molecule has 0 spiro atoms. The Morgan fingerprint density at radius 2 is 1.73 bits per heavy atom. The van der Waals surface area contributed by atoms with Crippen LogP contribution in [0.3, 0.4) is 0 Å². The number of hydrogen-bond donors (Lipinski definition) is 1. The van der Waals surface area contributed by atoms with Crippen LogP contribution in [0, 0.1) is 0 Å². The fourth-order valence-corrected chi connectivity index (χ4v) is 3.44. The van der Waals surface area contributed by atoms with E-state index in [0.717, 1.165) is 16.9 Å². The summed E-state index contributed by atoms with van der Waals surface area (Å²) in [4.78, 5) is 0. The molecule has 0 atom stereocenters. The molecule has 22 heavy (non-hydrogen) atoms. The molecule has 116 valence electrons. The quantitative estimate of drug-likeness (QED) is 0.885. The van der Waals surface area contributed by atoms with Crippen molar-refractivity contribution in [2.75, 3.05) is 13.3 Å². The van der Waals surface area contributed by atoms with E-state index in [1.165, 1.54) is 0 Å². The highest BCUT2D eigenvalue weighted by molar-refractivity contribution is 7.88. The van der Waals surface area contributed by atoms with Crippen LogP contribution in [0.5, 0.6) is 11.5 Å². The minimum atomic E-state index is -3.32. The highest BCUT2D eigenvalue weighted by Gasteiger charge is 2.14. The van der Waals surface area contributed by atoms with Crippen LogP contribution in [0.25, 0.3) is 0 Å². The first-order valence-electron chi connectivity index (χ1n) is 7.02. The van der Waals surface area contributed by atoms with E-state index < -0.39 is 10.0 Å². The maximum atomic E-state index is 12.0. The summed E-state index contributed by atoms with van der Waals surface area (Å²) < 4.78 is 37.2. The van der Waals surface area contributed by atoms with Gasteiger partial charge >= 0.3 is 0 Å².